The maximum atomic E-state index is 12.3. The number of hydrogen-bond acceptors (Lipinski definition) is 3. The Morgan fingerprint density at radius 2 is 1.67 bits per heavy atom. The van der Waals surface area contributed by atoms with Gasteiger partial charge in [0.15, 0.2) is 6.54 Å². The molecule has 0 saturated heterocycles. The molecular weight excluding hydrogens is 304 g/mol. The van der Waals surface area contributed by atoms with Crippen LogP contribution in [0.25, 0.3) is 0 Å². The lowest BCUT2D eigenvalue weighted by Gasteiger charge is -2.23. The first-order valence-corrected chi connectivity index (χ1v) is 7.95. The molecule has 1 atom stereocenters. The van der Waals surface area contributed by atoms with Crippen LogP contribution in [-0.4, -0.2) is 24.5 Å². The van der Waals surface area contributed by atoms with Crippen molar-refractivity contribution in [2.45, 2.75) is 26.4 Å². The molecule has 5 nitrogen and oxygen atoms in total. The Balaban J connectivity index is 1.96. The molecule has 5 heteroatoms. The van der Waals surface area contributed by atoms with E-state index in [2.05, 4.69) is 31.3 Å². The van der Waals surface area contributed by atoms with Crippen molar-refractivity contribution in [1.82, 2.24) is 0 Å². The number of quaternary nitrogens is 1. The molecule has 0 aliphatic heterocycles. The monoisotopic (exact) mass is 326 g/mol. The van der Waals surface area contributed by atoms with E-state index in [1.165, 1.54) is 17.7 Å². The third kappa shape index (κ3) is 5.21. The van der Waals surface area contributed by atoms with Gasteiger partial charge in [0, 0.05) is 11.3 Å². The van der Waals surface area contributed by atoms with Crippen molar-refractivity contribution in [3.05, 3.63) is 65.7 Å². The van der Waals surface area contributed by atoms with E-state index in [-0.39, 0.29) is 11.5 Å². The molecule has 1 amide bonds. The molecule has 1 unspecified atom stereocenters. The van der Waals surface area contributed by atoms with Gasteiger partial charge in [-0.15, -0.1) is 0 Å². The van der Waals surface area contributed by atoms with E-state index < -0.39 is 5.97 Å². The minimum atomic E-state index is -1.23. The number of amides is 1. The molecule has 0 radical (unpaired) electrons. The Morgan fingerprint density at radius 3 is 2.21 bits per heavy atom. The van der Waals surface area contributed by atoms with Gasteiger partial charge in [0.1, 0.15) is 6.54 Å². The number of rotatable bonds is 7. The summed E-state index contributed by atoms with van der Waals surface area (Å²) in [5.74, 6) is -1.33. The minimum Gasteiger partial charge on any atom is -0.545 e. The van der Waals surface area contributed by atoms with E-state index in [0.29, 0.717) is 18.3 Å². The van der Waals surface area contributed by atoms with Gasteiger partial charge in [-0.3, -0.25) is 4.79 Å². The summed E-state index contributed by atoms with van der Waals surface area (Å²) < 4.78 is 0. The predicted molar refractivity (Wildman–Crippen MR) is 90.5 cm³/mol. The largest absolute Gasteiger partial charge is 0.545 e. The van der Waals surface area contributed by atoms with Crippen molar-refractivity contribution in [3.8, 4) is 0 Å². The van der Waals surface area contributed by atoms with Crippen LogP contribution < -0.4 is 15.3 Å². The zero-order chi connectivity index (χ0) is 17.5. The fourth-order valence-electron chi connectivity index (χ4n) is 2.43. The molecule has 2 N–H and O–H groups in total. The van der Waals surface area contributed by atoms with E-state index in [9.17, 15) is 14.7 Å². The third-order valence-corrected chi connectivity index (χ3v) is 3.88. The number of hydrogen-bond donors (Lipinski definition) is 2. The van der Waals surface area contributed by atoms with Gasteiger partial charge in [-0.25, -0.2) is 0 Å². The van der Waals surface area contributed by atoms with Gasteiger partial charge in [-0.1, -0.05) is 42.5 Å². The van der Waals surface area contributed by atoms with Crippen molar-refractivity contribution in [1.29, 1.82) is 0 Å². The summed E-state index contributed by atoms with van der Waals surface area (Å²) in [5.41, 5.74) is 1.85. The highest BCUT2D eigenvalue weighted by Gasteiger charge is 2.18. The second-order valence-corrected chi connectivity index (χ2v) is 6.07. The summed E-state index contributed by atoms with van der Waals surface area (Å²) in [5, 5.41) is 13.5. The topological polar surface area (TPSA) is 73.7 Å². The molecule has 24 heavy (non-hydrogen) atoms. The van der Waals surface area contributed by atoms with Crippen LogP contribution >= 0.6 is 0 Å². The van der Waals surface area contributed by atoms with Crippen LogP contribution in [0.4, 0.5) is 5.69 Å². The Kier molecular flexibility index (Phi) is 6.09. The third-order valence-electron chi connectivity index (χ3n) is 3.88. The summed E-state index contributed by atoms with van der Waals surface area (Å²) in [6.07, 6.45) is 0. The quantitative estimate of drug-likeness (QED) is 0.777. The highest BCUT2D eigenvalue weighted by atomic mass is 16.4. The highest BCUT2D eigenvalue weighted by molar-refractivity contribution is 5.92. The maximum absolute atomic E-state index is 12.3. The minimum absolute atomic E-state index is 0.0894. The molecule has 2 aromatic rings. The van der Waals surface area contributed by atoms with Crippen molar-refractivity contribution in [2.24, 2.45) is 0 Å². The molecule has 0 saturated carbocycles. The first kappa shape index (κ1) is 17.7. The summed E-state index contributed by atoms with van der Waals surface area (Å²) in [4.78, 5) is 24.2. The number of anilines is 1. The fourth-order valence-corrected chi connectivity index (χ4v) is 2.43. The van der Waals surface area contributed by atoms with E-state index in [1.54, 1.807) is 12.1 Å². The Bertz CT molecular complexity index is 682. The SMILES string of the molecule is CC(C)[NH+](CC(=O)Nc1ccc(C(=O)[O-])cc1)Cc1ccccc1. The highest BCUT2D eigenvalue weighted by Crippen LogP contribution is 2.08. The number of benzene rings is 2. The molecule has 2 aromatic carbocycles. The standard InChI is InChI=1S/C19H22N2O3/c1-14(2)21(12-15-6-4-3-5-7-15)13-18(22)20-17-10-8-16(9-11-17)19(23)24/h3-11,14H,12-13H2,1-2H3,(H,20,22)(H,23,24). The van der Waals surface area contributed by atoms with Gasteiger partial charge >= 0.3 is 0 Å². The lowest BCUT2D eigenvalue weighted by Crippen LogP contribution is -3.14. The van der Waals surface area contributed by atoms with Crippen LogP contribution in [0.5, 0.6) is 0 Å². The molecule has 0 bridgehead atoms. The summed E-state index contributed by atoms with van der Waals surface area (Å²) >= 11 is 0. The number of carbonyl (C=O) groups excluding carboxylic acids is 2. The molecular formula is C19H22N2O3. The van der Waals surface area contributed by atoms with E-state index >= 15 is 0 Å². The zero-order valence-corrected chi connectivity index (χ0v) is 13.9. The van der Waals surface area contributed by atoms with E-state index in [0.717, 1.165) is 11.4 Å². The Hall–Kier alpha value is -2.66. The first-order valence-electron chi connectivity index (χ1n) is 7.95. The smallest absolute Gasteiger partial charge is 0.279 e. The summed E-state index contributed by atoms with van der Waals surface area (Å²) in [6.45, 7) is 5.28. The van der Waals surface area contributed by atoms with Gasteiger partial charge in [-0.2, -0.15) is 0 Å². The lowest BCUT2D eigenvalue weighted by molar-refractivity contribution is -0.927. The average molecular weight is 326 g/mol. The second kappa shape index (κ2) is 8.26. The maximum Gasteiger partial charge on any atom is 0.279 e. The molecule has 0 heterocycles. The average Bonchev–Trinajstić information content (AvgIpc) is 2.55. The number of carboxylic acid groups (broad SMARTS) is 1. The Morgan fingerprint density at radius 1 is 1.04 bits per heavy atom. The van der Waals surface area contributed by atoms with Crippen LogP contribution in [-0.2, 0) is 11.3 Å². The van der Waals surface area contributed by atoms with Crippen LogP contribution in [0.3, 0.4) is 0 Å². The predicted octanol–water partition coefficient (Wildman–Crippen LogP) is 0.482. The van der Waals surface area contributed by atoms with Gasteiger partial charge in [0.05, 0.1) is 12.0 Å². The first-order chi connectivity index (χ1) is 11.5. The number of aromatic carboxylic acids is 1. The zero-order valence-electron chi connectivity index (χ0n) is 13.9. The van der Waals surface area contributed by atoms with Gasteiger partial charge in [0.25, 0.3) is 5.91 Å². The van der Waals surface area contributed by atoms with Gasteiger partial charge in [0.2, 0.25) is 0 Å². The molecule has 126 valence electrons. The number of carboxylic acids is 1. The second-order valence-electron chi connectivity index (χ2n) is 6.07. The Labute approximate surface area is 141 Å². The summed E-state index contributed by atoms with van der Waals surface area (Å²) in [7, 11) is 0. The summed E-state index contributed by atoms with van der Waals surface area (Å²) in [6, 6.07) is 16.3. The number of carbonyl (C=O) groups is 2. The van der Waals surface area contributed by atoms with Gasteiger partial charge < -0.3 is 20.1 Å². The molecule has 0 aromatic heterocycles. The van der Waals surface area contributed by atoms with Crippen LogP contribution in [0.1, 0.15) is 29.8 Å². The van der Waals surface area contributed by atoms with E-state index in [1.807, 2.05) is 18.2 Å². The van der Waals surface area contributed by atoms with Crippen molar-refractivity contribution in [2.75, 3.05) is 11.9 Å². The number of nitrogens with one attached hydrogen (secondary N) is 2. The normalized spacial score (nSPS) is 12.0. The molecule has 0 spiro atoms. The van der Waals surface area contributed by atoms with Gasteiger partial charge in [-0.05, 0) is 31.5 Å². The van der Waals surface area contributed by atoms with Crippen LogP contribution in [0.15, 0.2) is 54.6 Å². The molecule has 0 fully saturated rings. The molecule has 0 aliphatic rings. The van der Waals surface area contributed by atoms with Crippen LogP contribution in [0, 0.1) is 0 Å². The van der Waals surface area contributed by atoms with E-state index in [4.69, 9.17) is 0 Å². The van der Waals surface area contributed by atoms with Crippen molar-refractivity contribution in [3.63, 3.8) is 0 Å². The van der Waals surface area contributed by atoms with Crippen LogP contribution in [0.2, 0.25) is 0 Å². The van der Waals surface area contributed by atoms with Crippen molar-refractivity contribution >= 4 is 17.6 Å². The van der Waals surface area contributed by atoms with Crippen molar-refractivity contribution < 1.29 is 19.6 Å². The lowest BCUT2D eigenvalue weighted by atomic mass is 10.2. The fraction of sp³-hybridized carbons (Fsp3) is 0.263. The molecule has 2 rings (SSSR count). The molecule has 0 aliphatic carbocycles.